The lowest BCUT2D eigenvalue weighted by atomic mass is 9.95. The third kappa shape index (κ3) is 2.00. The van der Waals surface area contributed by atoms with E-state index in [1.54, 1.807) is 0 Å². The molecule has 0 spiro atoms. The highest BCUT2D eigenvalue weighted by Crippen LogP contribution is 2.35. The standard InChI is InChI=1S/C11H17N5O/c1-13-9-5-10(16-11(12)15-9)14-7-4-6-2-3-8(7)17-6/h5-8H,2-4H2,1H3,(H4,12,13,14,15,16). The van der Waals surface area contributed by atoms with Crippen molar-refractivity contribution < 1.29 is 4.74 Å². The van der Waals surface area contributed by atoms with Gasteiger partial charge in [0.15, 0.2) is 0 Å². The van der Waals surface area contributed by atoms with Crippen LogP contribution in [0.25, 0.3) is 0 Å². The molecule has 1 aromatic rings. The van der Waals surface area contributed by atoms with Crippen LogP contribution >= 0.6 is 0 Å². The highest BCUT2D eigenvalue weighted by Gasteiger charge is 2.40. The van der Waals surface area contributed by atoms with Gasteiger partial charge in [0.05, 0.1) is 18.2 Å². The number of fused-ring (bicyclic) bond motifs is 2. The molecule has 3 heterocycles. The topological polar surface area (TPSA) is 85.1 Å². The molecular weight excluding hydrogens is 218 g/mol. The molecule has 0 aliphatic carbocycles. The van der Waals surface area contributed by atoms with Crippen LogP contribution in [0.1, 0.15) is 19.3 Å². The van der Waals surface area contributed by atoms with Crippen LogP contribution in [0.5, 0.6) is 0 Å². The molecule has 2 saturated heterocycles. The summed E-state index contributed by atoms with van der Waals surface area (Å²) in [4.78, 5) is 8.25. The smallest absolute Gasteiger partial charge is 0.223 e. The molecule has 6 heteroatoms. The third-order valence-corrected chi connectivity index (χ3v) is 3.44. The molecule has 2 bridgehead atoms. The van der Waals surface area contributed by atoms with Gasteiger partial charge in [0, 0.05) is 13.1 Å². The van der Waals surface area contributed by atoms with Crippen LogP contribution in [0.15, 0.2) is 6.07 Å². The first-order valence-electron chi connectivity index (χ1n) is 5.99. The summed E-state index contributed by atoms with van der Waals surface area (Å²) in [5, 5.41) is 6.36. The van der Waals surface area contributed by atoms with Crippen molar-refractivity contribution >= 4 is 17.6 Å². The Kier molecular flexibility index (Phi) is 2.51. The number of nitrogens with one attached hydrogen (secondary N) is 2. The van der Waals surface area contributed by atoms with Crippen LogP contribution in [0.3, 0.4) is 0 Å². The highest BCUT2D eigenvalue weighted by molar-refractivity contribution is 5.51. The zero-order valence-corrected chi connectivity index (χ0v) is 9.81. The molecule has 3 atom stereocenters. The van der Waals surface area contributed by atoms with Gasteiger partial charge in [0.2, 0.25) is 5.95 Å². The number of anilines is 3. The minimum absolute atomic E-state index is 0.281. The van der Waals surface area contributed by atoms with E-state index in [1.165, 1.54) is 6.42 Å². The average molecular weight is 235 g/mol. The van der Waals surface area contributed by atoms with Gasteiger partial charge in [-0.15, -0.1) is 0 Å². The first-order chi connectivity index (χ1) is 8.24. The van der Waals surface area contributed by atoms with Crippen molar-refractivity contribution in [2.75, 3.05) is 23.4 Å². The number of nitrogens with zero attached hydrogens (tertiary/aromatic N) is 2. The first kappa shape index (κ1) is 10.6. The Bertz CT molecular complexity index is 424. The minimum Gasteiger partial charge on any atom is -0.373 e. The SMILES string of the molecule is CNc1cc(NC2CC3CCC2O3)nc(N)n1. The van der Waals surface area contributed by atoms with Gasteiger partial charge >= 0.3 is 0 Å². The van der Waals surface area contributed by atoms with E-state index in [4.69, 9.17) is 10.5 Å². The number of ether oxygens (including phenoxy) is 1. The maximum absolute atomic E-state index is 5.79. The summed E-state index contributed by atoms with van der Waals surface area (Å²) < 4.78 is 5.79. The maximum atomic E-state index is 5.79. The predicted octanol–water partition coefficient (Wildman–Crippen LogP) is 0.832. The van der Waals surface area contributed by atoms with Crippen molar-refractivity contribution in [3.8, 4) is 0 Å². The Hall–Kier alpha value is -1.56. The first-order valence-corrected chi connectivity index (χ1v) is 5.99. The molecule has 17 heavy (non-hydrogen) atoms. The molecule has 6 nitrogen and oxygen atoms in total. The van der Waals surface area contributed by atoms with Gasteiger partial charge in [0.25, 0.3) is 0 Å². The van der Waals surface area contributed by atoms with Gasteiger partial charge in [0.1, 0.15) is 11.6 Å². The van der Waals surface area contributed by atoms with E-state index in [-0.39, 0.29) is 5.95 Å². The molecule has 2 fully saturated rings. The van der Waals surface area contributed by atoms with Gasteiger partial charge in [-0.3, -0.25) is 0 Å². The Morgan fingerprint density at radius 2 is 2.18 bits per heavy atom. The molecule has 4 N–H and O–H groups in total. The summed E-state index contributed by atoms with van der Waals surface area (Å²) in [5.74, 6) is 1.77. The van der Waals surface area contributed by atoms with Gasteiger partial charge in [-0.25, -0.2) is 0 Å². The summed E-state index contributed by atoms with van der Waals surface area (Å²) in [5.41, 5.74) is 5.65. The fourth-order valence-electron chi connectivity index (χ4n) is 2.65. The number of nitrogen functional groups attached to an aromatic ring is 1. The van der Waals surface area contributed by atoms with Gasteiger partial charge in [-0.05, 0) is 19.3 Å². The summed E-state index contributed by atoms with van der Waals surface area (Å²) in [7, 11) is 1.81. The second-order valence-corrected chi connectivity index (χ2v) is 4.61. The lowest BCUT2D eigenvalue weighted by Gasteiger charge is -2.20. The molecule has 0 radical (unpaired) electrons. The predicted molar refractivity (Wildman–Crippen MR) is 65.9 cm³/mol. The summed E-state index contributed by atoms with van der Waals surface area (Å²) in [6.45, 7) is 0. The van der Waals surface area contributed by atoms with Crippen molar-refractivity contribution in [2.45, 2.75) is 37.5 Å². The normalized spacial score (nSPS) is 30.5. The molecule has 0 amide bonds. The maximum Gasteiger partial charge on any atom is 0.223 e. The van der Waals surface area contributed by atoms with Crippen molar-refractivity contribution in [1.29, 1.82) is 0 Å². The molecule has 1 aromatic heterocycles. The van der Waals surface area contributed by atoms with Crippen LogP contribution in [0.2, 0.25) is 0 Å². The van der Waals surface area contributed by atoms with Crippen molar-refractivity contribution in [3.63, 3.8) is 0 Å². The third-order valence-electron chi connectivity index (χ3n) is 3.44. The minimum atomic E-state index is 0.281. The number of aromatic nitrogens is 2. The Morgan fingerprint density at radius 1 is 1.35 bits per heavy atom. The van der Waals surface area contributed by atoms with Gasteiger partial charge in [-0.1, -0.05) is 0 Å². The second-order valence-electron chi connectivity index (χ2n) is 4.61. The zero-order valence-electron chi connectivity index (χ0n) is 9.81. The summed E-state index contributed by atoms with van der Waals surface area (Å²) in [6, 6.07) is 2.22. The molecule has 92 valence electrons. The van der Waals surface area contributed by atoms with E-state index >= 15 is 0 Å². The largest absolute Gasteiger partial charge is 0.373 e. The van der Waals surface area contributed by atoms with Gasteiger partial charge < -0.3 is 21.1 Å². The Balaban J connectivity index is 1.74. The van der Waals surface area contributed by atoms with E-state index in [0.717, 1.165) is 24.5 Å². The average Bonchev–Trinajstić information content (AvgIpc) is 2.90. The lowest BCUT2D eigenvalue weighted by molar-refractivity contribution is 0.102. The number of rotatable bonds is 3. The van der Waals surface area contributed by atoms with E-state index in [1.807, 2.05) is 13.1 Å². The quantitative estimate of drug-likeness (QED) is 0.719. The molecular formula is C11H17N5O. The molecule has 3 unspecified atom stereocenters. The van der Waals surface area contributed by atoms with Crippen molar-refractivity contribution in [1.82, 2.24) is 9.97 Å². The van der Waals surface area contributed by atoms with Crippen LogP contribution in [-0.4, -0.2) is 35.3 Å². The zero-order chi connectivity index (χ0) is 11.8. The molecule has 2 aliphatic heterocycles. The number of nitrogens with two attached hydrogens (primary N) is 1. The number of hydrogen-bond donors (Lipinski definition) is 3. The molecule has 3 rings (SSSR count). The molecule has 0 aromatic carbocycles. The molecule has 0 saturated carbocycles. The fraction of sp³-hybridized carbons (Fsp3) is 0.636. The van der Waals surface area contributed by atoms with Gasteiger partial charge in [-0.2, -0.15) is 9.97 Å². The summed E-state index contributed by atoms with van der Waals surface area (Å²) >= 11 is 0. The van der Waals surface area contributed by atoms with Crippen LogP contribution in [0.4, 0.5) is 17.6 Å². The van der Waals surface area contributed by atoms with Crippen molar-refractivity contribution in [2.24, 2.45) is 0 Å². The van der Waals surface area contributed by atoms with E-state index in [0.29, 0.717) is 18.2 Å². The van der Waals surface area contributed by atoms with Crippen LogP contribution in [0, 0.1) is 0 Å². The Morgan fingerprint density at radius 3 is 2.82 bits per heavy atom. The lowest BCUT2D eigenvalue weighted by Crippen LogP contribution is -2.31. The second kappa shape index (κ2) is 4.03. The highest BCUT2D eigenvalue weighted by atomic mass is 16.5. The summed E-state index contributed by atoms with van der Waals surface area (Å²) in [6.07, 6.45) is 4.15. The monoisotopic (exact) mass is 235 g/mol. The van der Waals surface area contributed by atoms with E-state index in [2.05, 4.69) is 20.6 Å². The van der Waals surface area contributed by atoms with E-state index < -0.39 is 0 Å². The van der Waals surface area contributed by atoms with Crippen molar-refractivity contribution in [3.05, 3.63) is 6.07 Å². The van der Waals surface area contributed by atoms with Crippen LogP contribution < -0.4 is 16.4 Å². The van der Waals surface area contributed by atoms with E-state index in [9.17, 15) is 0 Å². The molecule has 2 aliphatic rings. The fourth-order valence-corrected chi connectivity index (χ4v) is 2.65. The Labute approximate surface area is 100.0 Å². The number of hydrogen-bond acceptors (Lipinski definition) is 6. The van der Waals surface area contributed by atoms with Crippen LogP contribution in [-0.2, 0) is 4.74 Å².